The smallest absolute Gasteiger partial charge is 0.137 e. The van der Waals surface area contributed by atoms with Crippen LogP contribution in [0.1, 0.15) is 51.5 Å². The van der Waals surface area contributed by atoms with Crippen molar-refractivity contribution in [2.45, 2.75) is 51.5 Å². The van der Waals surface area contributed by atoms with Crippen molar-refractivity contribution in [2.24, 2.45) is 0 Å². The van der Waals surface area contributed by atoms with Crippen LogP contribution in [0.5, 0.6) is 5.75 Å². The van der Waals surface area contributed by atoms with Crippen molar-refractivity contribution < 1.29 is 4.74 Å². The third kappa shape index (κ3) is 3.22. The van der Waals surface area contributed by atoms with Gasteiger partial charge in [0.05, 0.1) is 12.8 Å². The van der Waals surface area contributed by atoms with Gasteiger partial charge >= 0.3 is 0 Å². The fourth-order valence-electron chi connectivity index (χ4n) is 2.50. The van der Waals surface area contributed by atoms with E-state index < -0.39 is 0 Å². The van der Waals surface area contributed by atoms with Gasteiger partial charge in [-0.05, 0) is 44.4 Å². The first-order valence-corrected chi connectivity index (χ1v) is 7.08. The molecular formula is C15H24N2O. The highest BCUT2D eigenvalue weighted by Crippen LogP contribution is 2.30. The summed E-state index contributed by atoms with van der Waals surface area (Å²) in [5.74, 6) is 0.890. The molecule has 1 N–H and O–H groups in total. The fourth-order valence-corrected chi connectivity index (χ4v) is 2.50. The van der Waals surface area contributed by atoms with Gasteiger partial charge < -0.3 is 10.1 Å². The Morgan fingerprint density at radius 2 is 2.22 bits per heavy atom. The van der Waals surface area contributed by atoms with E-state index in [2.05, 4.69) is 30.2 Å². The number of pyridine rings is 1. The van der Waals surface area contributed by atoms with Gasteiger partial charge in [0.1, 0.15) is 5.75 Å². The molecule has 0 spiro atoms. The average molecular weight is 248 g/mol. The van der Waals surface area contributed by atoms with Crippen LogP contribution in [0.3, 0.4) is 0 Å². The topological polar surface area (TPSA) is 34.1 Å². The molecule has 0 aromatic carbocycles. The SMILES string of the molecule is CCCOc1cncc(C2(C)CCCCCN2)c1. The lowest BCUT2D eigenvalue weighted by Crippen LogP contribution is -2.38. The standard InChI is InChI=1S/C15H24N2O/c1-3-9-18-14-10-13(11-16-12-14)15(2)7-5-4-6-8-17-15/h10-12,17H,3-9H2,1-2H3. The van der Waals surface area contributed by atoms with Crippen LogP contribution >= 0.6 is 0 Å². The minimum atomic E-state index is 0.0507. The minimum Gasteiger partial charge on any atom is -0.492 e. The largest absolute Gasteiger partial charge is 0.492 e. The predicted octanol–water partition coefficient (Wildman–Crippen LogP) is 3.25. The Kier molecular flexibility index (Phi) is 4.59. The lowest BCUT2D eigenvalue weighted by molar-refractivity contribution is 0.311. The van der Waals surface area contributed by atoms with Gasteiger partial charge in [-0.1, -0.05) is 19.8 Å². The van der Waals surface area contributed by atoms with Gasteiger partial charge in [0.25, 0.3) is 0 Å². The van der Waals surface area contributed by atoms with Crippen LogP contribution in [0.15, 0.2) is 18.5 Å². The molecule has 3 heteroatoms. The molecule has 1 unspecified atom stereocenters. The predicted molar refractivity (Wildman–Crippen MR) is 73.8 cm³/mol. The molecule has 100 valence electrons. The molecule has 3 nitrogen and oxygen atoms in total. The van der Waals surface area contributed by atoms with Crippen LogP contribution in [-0.4, -0.2) is 18.1 Å². The van der Waals surface area contributed by atoms with Crippen molar-refractivity contribution in [1.29, 1.82) is 0 Å². The molecule has 18 heavy (non-hydrogen) atoms. The maximum atomic E-state index is 5.67. The molecule has 1 atom stereocenters. The molecule has 1 aliphatic rings. The molecule has 0 saturated carbocycles. The number of ether oxygens (including phenoxy) is 1. The van der Waals surface area contributed by atoms with Gasteiger partial charge in [-0.15, -0.1) is 0 Å². The van der Waals surface area contributed by atoms with Gasteiger partial charge in [0.15, 0.2) is 0 Å². The summed E-state index contributed by atoms with van der Waals surface area (Å²) in [6, 6.07) is 2.14. The molecule has 1 aromatic rings. The minimum absolute atomic E-state index is 0.0507. The normalized spacial score (nSPS) is 24.6. The fraction of sp³-hybridized carbons (Fsp3) is 0.667. The first kappa shape index (κ1) is 13.3. The molecule has 1 aliphatic heterocycles. The second kappa shape index (κ2) is 6.19. The van der Waals surface area contributed by atoms with Crippen molar-refractivity contribution in [1.82, 2.24) is 10.3 Å². The highest BCUT2D eigenvalue weighted by Gasteiger charge is 2.27. The second-order valence-corrected chi connectivity index (χ2v) is 5.33. The summed E-state index contributed by atoms with van der Waals surface area (Å²) in [5.41, 5.74) is 1.30. The Labute approximate surface area is 110 Å². The van der Waals surface area contributed by atoms with Gasteiger partial charge in [-0.3, -0.25) is 4.98 Å². The monoisotopic (exact) mass is 248 g/mol. The summed E-state index contributed by atoms with van der Waals surface area (Å²) < 4.78 is 5.67. The van der Waals surface area contributed by atoms with Crippen LogP contribution in [0.4, 0.5) is 0 Å². The van der Waals surface area contributed by atoms with Gasteiger partial charge in [-0.2, -0.15) is 0 Å². The van der Waals surface area contributed by atoms with E-state index in [1.54, 1.807) is 6.20 Å². The van der Waals surface area contributed by atoms with Gasteiger partial charge in [0.2, 0.25) is 0 Å². The molecular weight excluding hydrogens is 224 g/mol. The number of hydrogen-bond acceptors (Lipinski definition) is 3. The highest BCUT2D eigenvalue weighted by atomic mass is 16.5. The second-order valence-electron chi connectivity index (χ2n) is 5.33. The average Bonchev–Trinajstić information content (AvgIpc) is 2.63. The molecule has 2 rings (SSSR count). The number of nitrogens with one attached hydrogen (secondary N) is 1. The Hall–Kier alpha value is -1.09. The van der Waals surface area contributed by atoms with E-state index in [9.17, 15) is 0 Å². The number of rotatable bonds is 4. The Morgan fingerprint density at radius 3 is 3.06 bits per heavy atom. The molecule has 1 fully saturated rings. The highest BCUT2D eigenvalue weighted by molar-refractivity contribution is 5.29. The van der Waals surface area contributed by atoms with E-state index in [0.29, 0.717) is 0 Å². The van der Waals surface area contributed by atoms with Crippen LogP contribution in [-0.2, 0) is 5.54 Å². The van der Waals surface area contributed by atoms with Crippen molar-refractivity contribution in [3.8, 4) is 5.75 Å². The first-order valence-electron chi connectivity index (χ1n) is 7.08. The van der Waals surface area contributed by atoms with Crippen molar-refractivity contribution in [3.63, 3.8) is 0 Å². The van der Waals surface area contributed by atoms with Crippen LogP contribution in [0.25, 0.3) is 0 Å². The van der Waals surface area contributed by atoms with Gasteiger partial charge in [-0.25, -0.2) is 0 Å². The third-order valence-corrected chi connectivity index (χ3v) is 3.69. The number of hydrogen-bond donors (Lipinski definition) is 1. The summed E-state index contributed by atoms with van der Waals surface area (Å²) in [5, 5.41) is 3.66. The van der Waals surface area contributed by atoms with Crippen LogP contribution in [0, 0.1) is 0 Å². The zero-order valence-electron chi connectivity index (χ0n) is 11.5. The maximum absolute atomic E-state index is 5.67. The van der Waals surface area contributed by atoms with E-state index in [1.165, 1.54) is 31.2 Å². The maximum Gasteiger partial charge on any atom is 0.137 e. The summed E-state index contributed by atoms with van der Waals surface area (Å²) in [4.78, 5) is 4.32. The molecule has 0 amide bonds. The van der Waals surface area contributed by atoms with Gasteiger partial charge in [0, 0.05) is 11.7 Å². The summed E-state index contributed by atoms with van der Waals surface area (Å²) in [6.07, 6.45) is 9.85. The Balaban J connectivity index is 2.15. The summed E-state index contributed by atoms with van der Waals surface area (Å²) in [7, 11) is 0. The van der Waals surface area contributed by atoms with Crippen LogP contribution < -0.4 is 10.1 Å². The zero-order valence-corrected chi connectivity index (χ0v) is 11.5. The molecule has 2 heterocycles. The Bertz CT molecular complexity index is 371. The lowest BCUT2D eigenvalue weighted by atomic mass is 9.89. The Morgan fingerprint density at radius 1 is 1.33 bits per heavy atom. The lowest BCUT2D eigenvalue weighted by Gasteiger charge is -2.30. The molecule has 1 aromatic heterocycles. The molecule has 0 radical (unpaired) electrons. The molecule has 1 saturated heterocycles. The first-order chi connectivity index (χ1) is 8.74. The van der Waals surface area contributed by atoms with E-state index >= 15 is 0 Å². The summed E-state index contributed by atoms with van der Waals surface area (Å²) in [6.45, 7) is 6.25. The molecule has 0 aliphatic carbocycles. The van der Waals surface area contributed by atoms with E-state index in [1.807, 2.05) is 6.20 Å². The zero-order chi connectivity index (χ0) is 12.8. The summed E-state index contributed by atoms with van der Waals surface area (Å²) >= 11 is 0. The molecule has 0 bridgehead atoms. The van der Waals surface area contributed by atoms with Crippen molar-refractivity contribution in [3.05, 3.63) is 24.0 Å². The quantitative estimate of drug-likeness (QED) is 0.888. The van der Waals surface area contributed by atoms with Crippen molar-refractivity contribution in [2.75, 3.05) is 13.2 Å². The third-order valence-electron chi connectivity index (χ3n) is 3.69. The number of nitrogens with zero attached hydrogens (tertiary/aromatic N) is 1. The van der Waals surface area contributed by atoms with E-state index in [-0.39, 0.29) is 5.54 Å². The number of aromatic nitrogens is 1. The van der Waals surface area contributed by atoms with E-state index in [4.69, 9.17) is 4.74 Å². The van der Waals surface area contributed by atoms with E-state index in [0.717, 1.165) is 25.3 Å². The van der Waals surface area contributed by atoms with Crippen LogP contribution in [0.2, 0.25) is 0 Å². The van der Waals surface area contributed by atoms with Crippen molar-refractivity contribution >= 4 is 0 Å².